The van der Waals surface area contributed by atoms with Gasteiger partial charge in [0.1, 0.15) is 0 Å². The van der Waals surface area contributed by atoms with Crippen molar-refractivity contribution in [2.75, 3.05) is 0 Å². The third kappa shape index (κ3) is 1.87. The average Bonchev–Trinajstić information content (AvgIpc) is 2.27. The van der Waals surface area contributed by atoms with E-state index >= 15 is 0 Å². The topological polar surface area (TPSA) is 37.3 Å². The van der Waals surface area contributed by atoms with Crippen molar-refractivity contribution in [1.29, 1.82) is 0 Å². The van der Waals surface area contributed by atoms with Gasteiger partial charge in [-0.25, -0.2) is 0 Å². The zero-order valence-electron chi connectivity index (χ0n) is 9.84. The lowest BCUT2D eigenvalue weighted by atomic mass is 9.70. The van der Waals surface area contributed by atoms with E-state index in [1.165, 1.54) is 19.1 Å². The van der Waals surface area contributed by atoms with Crippen LogP contribution in [0, 0.1) is 0 Å². The summed E-state index contributed by atoms with van der Waals surface area (Å²) in [6.45, 7) is 1.49. The number of halogens is 3. The summed E-state index contributed by atoms with van der Waals surface area (Å²) >= 11 is 0. The number of carbonyl (C=O) groups is 1. The normalized spacial score (nSPS) is 23.6. The Morgan fingerprint density at radius 1 is 1.39 bits per heavy atom. The van der Waals surface area contributed by atoms with E-state index in [1.54, 1.807) is 0 Å². The maximum absolute atomic E-state index is 12.9. The monoisotopic (exact) mass is 258 g/mol. The van der Waals surface area contributed by atoms with Gasteiger partial charge >= 0.3 is 12.1 Å². The standard InChI is InChI=1S/C13H13F3O2/c1-12(11(17)18)7-3-4-8-9(12)5-2-6-10(8)13(14,15)16/h2,5-6H,3-4,7H2,1H3,(H,17,18). The van der Waals surface area contributed by atoms with Gasteiger partial charge in [0.05, 0.1) is 11.0 Å². The average molecular weight is 258 g/mol. The lowest BCUT2D eigenvalue weighted by molar-refractivity contribution is -0.145. The highest BCUT2D eigenvalue weighted by molar-refractivity contribution is 5.82. The summed E-state index contributed by atoms with van der Waals surface area (Å²) in [5, 5.41) is 9.26. The van der Waals surface area contributed by atoms with Gasteiger partial charge in [-0.1, -0.05) is 12.1 Å². The van der Waals surface area contributed by atoms with Crippen LogP contribution in [0.5, 0.6) is 0 Å². The predicted molar refractivity (Wildman–Crippen MR) is 59.4 cm³/mol. The number of hydrogen-bond donors (Lipinski definition) is 1. The summed E-state index contributed by atoms with van der Waals surface area (Å²) < 4.78 is 38.6. The van der Waals surface area contributed by atoms with E-state index in [0.717, 1.165) is 6.07 Å². The highest BCUT2D eigenvalue weighted by Crippen LogP contribution is 2.42. The molecule has 0 aromatic heterocycles. The first-order chi connectivity index (χ1) is 8.27. The molecule has 1 aromatic carbocycles. The molecule has 0 bridgehead atoms. The van der Waals surface area contributed by atoms with Crippen LogP contribution < -0.4 is 0 Å². The summed E-state index contributed by atoms with van der Waals surface area (Å²) in [5.41, 5.74) is -1.47. The van der Waals surface area contributed by atoms with E-state index in [2.05, 4.69) is 0 Å². The molecule has 1 aromatic rings. The number of fused-ring (bicyclic) bond motifs is 1. The summed E-state index contributed by atoms with van der Waals surface area (Å²) in [5.74, 6) is -1.07. The number of carboxylic acid groups (broad SMARTS) is 1. The minimum Gasteiger partial charge on any atom is -0.481 e. The molecule has 0 aliphatic heterocycles. The van der Waals surface area contributed by atoms with E-state index in [-0.39, 0.29) is 12.0 Å². The number of aliphatic carboxylic acids is 1. The molecular formula is C13H13F3O2. The van der Waals surface area contributed by atoms with E-state index < -0.39 is 23.1 Å². The Hall–Kier alpha value is -1.52. The Morgan fingerprint density at radius 2 is 2.06 bits per heavy atom. The van der Waals surface area contributed by atoms with Crippen molar-refractivity contribution in [3.63, 3.8) is 0 Å². The molecule has 0 saturated heterocycles. The molecule has 2 rings (SSSR count). The van der Waals surface area contributed by atoms with Crippen LogP contribution in [0.15, 0.2) is 18.2 Å². The smallest absolute Gasteiger partial charge is 0.416 e. The van der Waals surface area contributed by atoms with Gasteiger partial charge in [-0.2, -0.15) is 13.2 Å². The van der Waals surface area contributed by atoms with Crippen LogP contribution in [0.3, 0.4) is 0 Å². The molecule has 0 amide bonds. The second kappa shape index (κ2) is 4.00. The highest BCUT2D eigenvalue weighted by Gasteiger charge is 2.43. The summed E-state index contributed by atoms with van der Waals surface area (Å²) in [6.07, 6.45) is -3.31. The molecule has 0 fully saturated rings. The fraction of sp³-hybridized carbons (Fsp3) is 0.462. The molecule has 1 aliphatic carbocycles. The molecule has 1 aliphatic rings. The number of hydrogen-bond acceptors (Lipinski definition) is 1. The Labute approximate surface area is 102 Å². The Morgan fingerprint density at radius 3 is 2.61 bits per heavy atom. The van der Waals surface area contributed by atoms with E-state index in [4.69, 9.17) is 0 Å². The van der Waals surface area contributed by atoms with Gasteiger partial charge in [0, 0.05) is 0 Å². The quantitative estimate of drug-likeness (QED) is 0.838. The molecule has 18 heavy (non-hydrogen) atoms. The Balaban J connectivity index is 2.65. The molecule has 0 saturated carbocycles. The van der Waals surface area contributed by atoms with Gasteiger partial charge in [0.15, 0.2) is 0 Å². The number of benzene rings is 1. The fourth-order valence-electron chi connectivity index (χ4n) is 2.61. The van der Waals surface area contributed by atoms with Crippen molar-refractivity contribution < 1.29 is 23.1 Å². The van der Waals surface area contributed by atoms with Crippen LogP contribution in [0.4, 0.5) is 13.2 Å². The van der Waals surface area contributed by atoms with Gasteiger partial charge in [-0.05, 0) is 43.4 Å². The predicted octanol–water partition coefficient (Wildman–Crippen LogP) is 3.38. The molecule has 98 valence electrons. The fourth-order valence-corrected chi connectivity index (χ4v) is 2.61. The van der Waals surface area contributed by atoms with Gasteiger partial charge < -0.3 is 5.11 Å². The minimum atomic E-state index is -4.43. The first-order valence-electron chi connectivity index (χ1n) is 5.70. The van der Waals surface area contributed by atoms with E-state index in [0.29, 0.717) is 18.4 Å². The van der Waals surface area contributed by atoms with E-state index in [9.17, 15) is 23.1 Å². The summed E-state index contributed by atoms with van der Waals surface area (Å²) in [7, 11) is 0. The number of rotatable bonds is 1. The molecule has 2 nitrogen and oxygen atoms in total. The van der Waals surface area contributed by atoms with Crippen LogP contribution in [-0.4, -0.2) is 11.1 Å². The van der Waals surface area contributed by atoms with Crippen LogP contribution in [-0.2, 0) is 22.8 Å². The van der Waals surface area contributed by atoms with Gasteiger partial charge in [-0.15, -0.1) is 0 Å². The van der Waals surface area contributed by atoms with Gasteiger partial charge in [0.2, 0.25) is 0 Å². The molecule has 1 unspecified atom stereocenters. The largest absolute Gasteiger partial charge is 0.481 e. The second-order valence-electron chi connectivity index (χ2n) is 4.82. The first kappa shape index (κ1) is 12.9. The summed E-state index contributed by atoms with van der Waals surface area (Å²) in [6, 6.07) is 3.80. The number of alkyl halides is 3. The maximum Gasteiger partial charge on any atom is 0.416 e. The first-order valence-corrected chi connectivity index (χ1v) is 5.70. The molecule has 1 N–H and O–H groups in total. The SMILES string of the molecule is CC1(C(=O)O)CCCc2c(C(F)(F)F)cccc21. The molecule has 1 atom stereocenters. The van der Waals surface area contributed by atoms with Crippen molar-refractivity contribution in [3.8, 4) is 0 Å². The zero-order chi connectivity index (χ0) is 13.6. The lowest BCUT2D eigenvalue weighted by Gasteiger charge is -2.33. The second-order valence-corrected chi connectivity index (χ2v) is 4.82. The molecule has 0 spiro atoms. The van der Waals surface area contributed by atoms with Crippen LogP contribution >= 0.6 is 0 Å². The van der Waals surface area contributed by atoms with Crippen molar-refractivity contribution in [3.05, 3.63) is 34.9 Å². The molecule has 0 heterocycles. The van der Waals surface area contributed by atoms with Crippen molar-refractivity contribution in [2.45, 2.75) is 37.8 Å². The maximum atomic E-state index is 12.9. The zero-order valence-corrected chi connectivity index (χ0v) is 9.84. The van der Waals surface area contributed by atoms with Crippen LogP contribution in [0.2, 0.25) is 0 Å². The third-order valence-corrected chi connectivity index (χ3v) is 3.65. The lowest BCUT2D eigenvalue weighted by Crippen LogP contribution is -2.37. The Bertz CT molecular complexity index is 493. The van der Waals surface area contributed by atoms with Crippen molar-refractivity contribution >= 4 is 5.97 Å². The highest BCUT2D eigenvalue weighted by atomic mass is 19.4. The third-order valence-electron chi connectivity index (χ3n) is 3.65. The van der Waals surface area contributed by atoms with Crippen LogP contribution in [0.25, 0.3) is 0 Å². The molecule has 0 radical (unpaired) electrons. The molecular weight excluding hydrogens is 245 g/mol. The van der Waals surface area contributed by atoms with Crippen LogP contribution in [0.1, 0.15) is 36.5 Å². The van der Waals surface area contributed by atoms with Crippen molar-refractivity contribution in [2.24, 2.45) is 0 Å². The number of carboxylic acids is 1. The van der Waals surface area contributed by atoms with E-state index in [1.807, 2.05) is 0 Å². The van der Waals surface area contributed by atoms with Crippen molar-refractivity contribution in [1.82, 2.24) is 0 Å². The molecule has 5 heteroatoms. The minimum absolute atomic E-state index is 0.140. The van der Waals surface area contributed by atoms with Gasteiger partial charge in [-0.3, -0.25) is 4.79 Å². The van der Waals surface area contributed by atoms with Gasteiger partial charge in [0.25, 0.3) is 0 Å². The summed E-state index contributed by atoms with van der Waals surface area (Å²) in [4.78, 5) is 11.3. The Kier molecular flexibility index (Phi) is 2.87.